The van der Waals surface area contributed by atoms with E-state index < -0.39 is 0 Å². The van der Waals surface area contributed by atoms with Crippen molar-refractivity contribution >= 4 is 6.08 Å². The van der Waals surface area contributed by atoms with E-state index in [2.05, 4.69) is 62.0 Å². The van der Waals surface area contributed by atoms with Crippen LogP contribution in [0.15, 0.2) is 55.1 Å². The first kappa shape index (κ1) is 11.7. The minimum absolute atomic E-state index is 1.10. The van der Waals surface area contributed by atoms with E-state index in [0.29, 0.717) is 0 Å². The van der Waals surface area contributed by atoms with Crippen molar-refractivity contribution in [3.63, 3.8) is 0 Å². The van der Waals surface area contributed by atoms with E-state index in [0.717, 1.165) is 12.8 Å². The highest BCUT2D eigenvalue weighted by molar-refractivity contribution is 5.72. The van der Waals surface area contributed by atoms with E-state index in [1.165, 1.54) is 22.3 Å². The molecule has 2 rings (SSSR count). The average molecular weight is 222 g/mol. The highest BCUT2D eigenvalue weighted by Gasteiger charge is 2.06. The van der Waals surface area contributed by atoms with Crippen LogP contribution in [-0.2, 0) is 6.42 Å². The standard InChI is InChI=1S/C17H18/c1-3-9-16-14(4-2)12-8-13-17(16)15-10-6-5-7-11-15/h4-8,10-13H,2-3,9H2,1H3. The Morgan fingerprint density at radius 2 is 1.76 bits per heavy atom. The maximum Gasteiger partial charge on any atom is -0.0146 e. The third kappa shape index (κ3) is 2.47. The van der Waals surface area contributed by atoms with Crippen LogP contribution < -0.4 is 0 Å². The molecule has 0 saturated carbocycles. The number of rotatable bonds is 4. The Hall–Kier alpha value is -1.82. The summed E-state index contributed by atoms with van der Waals surface area (Å²) in [5.74, 6) is 0. The SMILES string of the molecule is C=Cc1cccc(-c2ccccc2)c1CCC. The lowest BCUT2D eigenvalue weighted by atomic mass is 9.92. The quantitative estimate of drug-likeness (QED) is 0.686. The lowest BCUT2D eigenvalue weighted by molar-refractivity contribution is 0.921. The second-order valence-corrected chi connectivity index (χ2v) is 4.19. The highest BCUT2D eigenvalue weighted by atomic mass is 14.1. The molecular weight excluding hydrogens is 204 g/mol. The molecular formula is C17H18. The van der Waals surface area contributed by atoms with Crippen molar-refractivity contribution in [3.05, 3.63) is 66.2 Å². The van der Waals surface area contributed by atoms with Gasteiger partial charge in [0.15, 0.2) is 0 Å². The second kappa shape index (κ2) is 5.49. The molecule has 0 radical (unpaired) electrons. The molecule has 0 heterocycles. The summed E-state index contributed by atoms with van der Waals surface area (Å²) < 4.78 is 0. The lowest BCUT2D eigenvalue weighted by Gasteiger charge is -2.12. The predicted octanol–water partition coefficient (Wildman–Crippen LogP) is 4.95. The molecule has 0 unspecified atom stereocenters. The number of hydrogen-bond acceptors (Lipinski definition) is 0. The van der Waals surface area contributed by atoms with Crippen molar-refractivity contribution in [3.8, 4) is 11.1 Å². The van der Waals surface area contributed by atoms with Crippen LogP contribution >= 0.6 is 0 Å². The van der Waals surface area contributed by atoms with Crippen molar-refractivity contribution < 1.29 is 0 Å². The van der Waals surface area contributed by atoms with E-state index in [4.69, 9.17) is 0 Å². The Morgan fingerprint density at radius 3 is 2.41 bits per heavy atom. The summed E-state index contributed by atoms with van der Waals surface area (Å²) in [5.41, 5.74) is 5.30. The zero-order valence-corrected chi connectivity index (χ0v) is 10.3. The van der Waals surface area contributed by atoms with Crippen LogP contribution in [0, 0.1) is 0 Å². The van der Waals surface area contributed by atoms with E-state index in [-0.39, 0.29) is 0 Å². The first-order valence-electron chi connectivity index (χ1n) is 6.16. The molecule has 2 aromatic carbocycles. The summed E-state index contributed by atoms with van der Waals surface area (Å²) in [6, 6.07) is 17.0. The molecule has 0 nitrogen and oxygen atoms in total. The van der Waals surface area contributed by atoms with Gasteiger partial charge in [-0.1, -0.05) is 74.5 Å². The average Bonchev–Trinajstić information content (AvgIpc) is 2.40. The van der Waals surface area contributed by atoms with Crippen molar-refractivity contribution in [2.45, 2.75) is 19.8 Å². The molecule has 0 aliphatic carbocycles. The van der Waals surface area contributed by atoms with Gasteiger partial charge in [-0.3, -0.25) is 0 Å². The van der Waals surface area contributed by atoms with Gasteiger partial charge in [-0.05, 0) is 28.7 Å². The summed E-state index contributed by atoms with van der Waals surface area (Å²) in [6.45, 7) is 6.13. The number of benzene rings is 2. The second-order valence-electron chi connectivity index (χ2n) is 4.19. The molecule has 2 aromatic rings. The molecule has 17 heavy (non-hydrogen) atoms. The molecule has 0 N–H and O–H groups in total. The fourth-order valence-corrected chi connectivity index (χ4v) is 2.21. The molecule has 0 bridgehead atoms. The summed E-state index contributed by atoms with van der Waals surface area (Å²) in [6.07, 6.45) is 4.22. The first-order valence-corrected chi connectivity index (χ1v) is 6.16. The lowest BCUT2D eigenvalue weighted by Crippen LogP contribution is -1.93. The fourth-order valence-electron chi connectivity index (χ4n) is 2.21. The van der Waals surface area contributed by atoms with Gasteiger partial charge < -0.3 is 0 Å². The van der Waals surface area contributed by atoms with E-state index in [1.54, 1.807) is 0 Å². The highest BCUT2D eigenvalue weighted by Crippen LogP contribution is 2.27. The Kier molecular flexibility index (Phi) is 3.77. The fraction of sp³-hybridized carbons (Fsp3) is 0.176. The van der Waals surface area contributed by atoms with E-state index in [9.17, 15) is 0 Å². The van der Waals surface area contributed by atoms with E-state index in [1.807, 2.05) is 6.08 Å². The van der Waals surface area contributed by atoms with Gasteiger partial charge in [0.25, 0.3) is 0 Å². The van der Waals surface area contributed by atoms with Gasteiger partial charge in [0.05, 0.1) is 0 Å². The van der Waals surface area contributed by atoms with Crippen LogP contribution in [0.5, 0.6) is 0 Å². The van der Waals surface area contributed by atoms with Gasteiger partial charge in [-0.2, -0.15) is 0 Å². The van der Waals surface area contributed by atoms with Gasteiger partial charge in [-0.15, -0.1) is 0 Å². The first-order chi connectivity index (χ1) is 8.36. The molecule has 0 amide bonds. The molecule has 0 aromatic heterocycles. The molecule has 86 valence electrons. The van der Waals surface area contributed by atoms with Crippen molar-refractivity contribution in [1.29, 1.82) is 0 Å². The molecule has 0 spiro atoms. The molecule has 0 aliphatic heterocycles. The Morgan fingerprint density at radius 1 is 1.00 bits per heavy atom. The maximum absolute atomic E-state index is 3.91. The van der Waals surface area contributed by atoms with Crippen molar-refractivity contribution in [2.75, 3.05) is 0 Å². The van der Waals surface area contributed by atoms with Crippen molar-refractivity contribution in [1.82, 2.24) is 0 Å². The summed E-state index contributed by atoms with van der Waals surface area (Å²) in [4.78, 5) is 0. The van der Waals surface area contributed by atoms with Gasteiger partial charge in [-0.25, -0.2) is 0 Å². The minimum Gasteiger partial charge on any atom is -0.0985 e. The Balaban J connectivity index is 2.57. The van der Waals surface area contributed by atoms with E-state index >= 15 is 0 Å². The van der Waals surface area contributed by atoms with Crippen LogP contribution in [0.4, 0.5) is 0 Å². The summed E-state index contributed by atoms with van der Waals surface area (Å²) in [7, 11) is 0. The molecule has 0 saturated heterocycles. The van der Waals surface area contributed by atoms with Gasteiger partial charge in [0, 0.05) is 0 Å². The zero-order chi connectivity index (χ0) is 12.1. The smallest absolute Gasteiger partial charge is 0.0146 e. The maximum atomic E-state index is 3.91. The van der Waals surface area contributed by atoms with Gasteiger partial charge in [0.2, 0.25) is 0 Å². The largest absolute Gasteiger partial charge is 0.0985 e. The molecule has 0 heteroatoms. The summed E-state index contributed by atoms with van der Waals surface area (Å²) >= 11 is 0. The monoisotopic (exact) mass is 222 g/mol. The topological polar surface area (TPSA) is 0 Å². The van der Waals surface area contributed by atoms with Crippen LogP contribution in [0.2, 0.25) is 0 Å². The number of hydrogen-bond donors (Lipinski definition) is 0. The van der Waals surface area contributed by atoms with Crippen LogP contribution in [0.1, 0.15) is 24.5 Å². The molecule has 0 atom stereocenters. The van der Waals surface area contributed by atoms with Crippen LogP contribution in [0.3, 0.4) is 0 Å². The predicted molar refractivity (Wildman–Crippen MR) is 76.0 cm³/mol. The molecule has 0 fully saturated rings. The third-order valence-corrected chi connectivity index (χ3v) is 3.02. The van der Waals surface area contributed by atoms with Gasteiger partial charge >= 0.3 is 0 Å². The third-order valence-electron chi connectivity index (χ3n) is 3.02. The summed E-state index contributed by atoms with van der Waals surface area (Å²) in [5, 5.41) is 0. The van der Waals surface area contributed by atoms with Crippen LogP contribution in [0.25, 0.3) is 17.2 Å². The normalized spacial score (nSPS) is 10.2. The zero-order valence-electron chi connectivity index (χ0n) is 10.3. The Bertz CT molecular complexity index is 495. The van der Waals surface area contributed by atoms with Crippen LogP contribution in [-0.4, -0.2) is 0 Å². The minimum atomic E-state index is 1.10. The molecule has 0 aliphatic rings. The van der Waals surface area contributed by atoms with Gasteiger partial charge in [0.1, 0.15) is 0 Å². The van der Waals surface area contributed by atoms with Crippen molar-refractivity contribution in [2.24, 2.45) is 0 Å². The Labute approximate surface area is 104 Å².